The van der Waals surface area contributed by atoms with Crippen LogP contribution < -0.4 is 5.32 Å². The molecule has 0 aromatic carbocycles. The van der Waals surface area contributed by atoms with Gasteiger partial charge in [0.15, 0.2) is 9.84 Å². The minimum Gasteiger partial charge on any atom is -0.315 e. The summed E-state index contributed by atoms with van der Waals surface area (Å²) >= 11 is 0. The molecule has 1 rings (SSSR count). The van der Waals surface area contributed by atoms with Crippen LogP contribution in [0.1, 0.15) is 40.0 Å². The van der Waals surface area contributed by atoms with E-state index in [1.165, 1.54) is 0 Å². The highest BCUT2D eigenvalue weighted by Gasteiger charge is 2.30. The summed E-state index contributed by atoms with van der Waals surface area (Å²) in [7, 11) is -2.77. The molecule has 0 radical (unpaired) electrons. The molecule has 1 aliphatic rings. The molecule has 15 heavy (non-hydrogen) atoms. The zero-order valence-corrected chi connectivity index (χ0v) is 10.9. The molecule has 3 nitrogen and oxygen atoms in total. The van der Waals surface area contributed by atoms with Crippen LogP contribution in [0.25, 0.3) is 0 Å². The fourth-order valence-corrected chi connectivity index (χ4v) is 3.61. The van der Waals surface area contributed by atoms with E-state index in [1.54, 1.807) is 0 Å². The van der Waals surface area contributed by atoms with E-state index in [-0.39, 0.29) is 5.25 Å². The van der Waals surface area contributed by atoms with Gasteiger partial charge in [-0.3, -0.25) is 0 Å². The van der Waals surface area contributed by atoms with Crippen molar-refractivity contribution in [1.29, 1.82) is 0 Å². The van der Waals surface area contributed by atoms with E-state index in [0.29, 0.717) is 17.7 Å². The third-order valence-corrected chi connectivity index (χ3v) is 5.16. The lowest BCUT2D eigenvalue weighted by molar-refractivity contribution is 0.366. The zero-order chi connectivity index (χ0) is 11.5. The molecular weight excluding hydrogens is 210 g/mol. The largest absolute Gasteiger partial charge is 0.315 e. The Morgan fingerprint density at radius 2 is 2.00 bits per heavy atom. The normalized spacial score (nSPS) is 25.7. The lowest BCUT2D eigenvalue weighted by Gasteiger charge is -2.19. The van der Waals surface area contributed by atoms with Crippen molar-refractivity contribution in [2.75, 3.05) is 18.8 Å². The maximum atomic E-state index is 11.5. The quantitative estimate of drug-likeness (QED) is 0.750. The number of hydrogen-bond donors (Lipinski definition) is 1. The van der Waals surface area contributed by atoms with Crippen molar-refractivity contribution in [2.24, 2.45) is 5.41 Å². The van der Waals surface area contributed by atoms with Gasteiger partial charge in [-0.1, -0.05) is 20.8 Å². The summed E-state index contributed by atoms with van der Waals surface area (Å²) < 4.78 is 23.0. The van der Waals surface area contributed by atoms with Crippen LogP contribution >= 0.6 is 0 Å². The molecule has 0 spiro atoms. The van der Waals surface area contributed by atoms with Crippen molar-refractivity contribution in [3.05, 3.63) is 0 Å². The summed E-state index contributed by atoms with van der Waals surface area (Å²) in [6.07, 6.45) is 2.76. The third-order valence-electron chi connectivity index (χ3n) is 2.89. The predicted octanol–water partition coefficient (Wildman–Crippen LogP) is 1.59. The first-order valence-corrected chi connectivity index (χ1v) is 7.45. The highest BCUT2D eigenvalue weighted by Crippen LogP contribution is 2.20. The first-order valence-electron chi connectivity index (χ1n) is 5.73. The number of sulfone groups is 1. The van der Waals surface area contributed by atoms with E-state index in [9.17, 15) is 8.42 Å². The molecule has 90 valence electrons. The molecule has 0 amide bonds. The SMILES string of the molecule is CC(C)(C)CCNCC1CCCS1(=O)=O. The van der Waals surface area contributed by atoms with Gasteiger partial charge in [-0.05, 0) is 31.2 Å². The molecule has 1 atom stereocenters. The summed E-state index contributed by atoms with van der Waals surface area (Å²) in [5.74, 6) is 0.388. The molecule has 0 aliphatic carbocycles. The fraction of sp³-hybridized carbons (Fsp3) is 1.00. The highest BCUT2D eigenvalue weighted by atomic mass is 32.2. The Hall–Kier alpha value is -0.0900. The first-order chi connectivity index (χ1) is 6.81. The molecule has 1 saturated heterocycles. The maximum Gasteiger partial charge on any atom is 0.154 e. The lowest BCUT2D eigenvalue weighted by atomic mass is 9.92. The Morgan fingerprint density at radius 1 is 1.33 bits per heavy atom. The van der Waals surface area contributed by atoms with Crippen LogP contribution in [-0.4, -0.2) is 32.5 Å². The third kappa shape index (κ3) is 4.51. The zero-order valence-electron chi connectivity index (χ0n) is 10.0. The Bertz CT molecular complexity index is 290. The molecule has 4 heteroatoms. The van der Waals surface area contributed by atoms with Crippen LogP contribution in [0.2, 0.25) is 0 Å². The molecule has 0 aromatic heterocycles. The molecule has 1 unspecified atom stereocenters. The molecular formula is C11H23NO2S. The second-order valence-electron chi connectivity index (χ2n) is 5.65. The summed E-state index contributed by atoms with van der Waals surface area (Å²) in [6, 6.07) is 0. The highest BCUT2D eigenvalue weighted by molar-refractivity contribution is 7.92. The van der Waals surface area contributed by atoms with Crippen molar-refractivity contribution in [1.82, 2.24) is 5.32 Å². The van der Waals surface area contributed by atoms with E-state index in [1.807, 2.05) is 0 Å². The van der Waals surface area contributed by atoms with Gasteiger partial charge in [0, 0.05) is 6.54 Å². The van der Waals surface area contributed by atoms with E-state index >= 15 is 0 Å². The van der Waals surface area contributed by atoms with Crippen LogP contribution in [-0.2, 0) is 9.84 Å². The summed E-state index contributed by atoms with van der Waals surface area (Å²) in [5.41, 5.74) is 0.321. The standard InChI is InChI=1S/C11H23NO2S/c1-11(2,3)6-7-12-9-10-5-4-8-15(10,13)14/h10,12H,4-9H2,1-3H3. The maximum absolute atomic E-state index is 11.5. The molecule has 0 bridgehead atoms. The van der Waals surface area contributed by atoms with Crippen LogP contribution in [0.15, 0.2) is 0 Å². The van der Waals surface area contributed by atoms with Gasteiger partial charge in [0.1, 0.15) is 0 Å². The summed E-state index contributed by atoms with van der Waals surface area (Å²) in [6.45, 7) is 8.14. The number of hydrogen-bond acceptors (Lipinski definition) is 3. The van der Waals surface area contributed by atoms with E-state index in [0.717, 1.165) is 25.8 Å². The van der Waals surface area contributed by atoms with Crippen molar-refractivity contribution in [3.63, 3.8) is 0 Å². The predicted molar refractivity (Wildman–Crippen MR) is 63.8 cm³/mol. The van der Waals surface area contributed by atoms with Crippen molar-refractivity contribution < 1.29 is 8.42 Å². The van der Waals surface area contributed by atoms with Crippen molar-refractivity contribution in [3.8, 4) is 0 Å². The van der Waals surface area contributed by atoms with Gasteiger partial charge in [-0.2, -0.15) is 0 Å². The van der Waals surface area contributed by atoms with Crippen LogP contribution in [0.4, 0.5) is 0 Å². The minimum absolute atomic E-state index is 0.127. The molecule has 1 heterocycles. The van der Waals surface area contributed by atoms with E-state index < -0.39 is 9.84 Å². The second kappa shape index (κ2) is 4.83. The minimum atomic E-state index is -2.77. The number of nitrogens with one attached hydrogen (secondary N) is 1. The van der Waals surface area contributed by atoms with Gasteiger partial charge in [0.25, 0.3) is 0 Å². The Labute approximate surface area is 93.6 Å². The average molecular weight is 233 g/mol. The molecule has 1 fully saturated rings. The van der Waals surface area contributed by atoms with Gasteiger partial charge < -0.3 is 5.32 Å². The topological polar surface area (TPSA) is 46.2 Å². The Kier molecular flexibility index (Phi) is 4.18. The van der Waals surface area contributed by atoms with Crippen LogP contribution in [0, 0.1) is 5.41 Å². The smallest absolute Gasteiger partial charge is 0.154 e. The molecule has 1 N–H and O–H groups in total. The summed E-state index contributed by atoms with van der Waals surface area (Å²) in [5, 5.41) is 3.13. The van der Waals surface area contributed by atoms with Crippen LogP contribution in [0.5, 0.6) is 0 Å². The fourth-order valence-electron chi connectivity index (χ4n) is 1.81. The molecule has 0 saturated carbocycles. The summed E-state index contributed by atoms with van der Waals surface area (Å²) in [4.78, 5) is 0. The van der Waals surface area contributed by atoms with Gasteiger partial charge in [-0.15, -0.1) is 0 Å². The second-order valence-corrected chi connectivity index (χ2v) is 8.05. The van der Waals surface area contributed by atoms with E-state index in [4.69, 9.17) is 0 Å². The van der Waals surface area contributed by atoms with Gasteiger partial charge in [0.05, 0.1) is 11.0 Å². The monoisotopic (exact) mass is 233 g/mol. The van der Waals surface area contributed by atoms with Gasteiger partial charge in [0.2, 0.25) is 0 Å². The van der Waals surface area contributed by atoms with Gasteiger partial charge in [-0.25, -0.2) is 8.42 Å². The average Bonchev–Trinajstić information content (AvgIpc) is 2.37. The van der Waals surface area contributed by atoms with Crippen molar-refractivity contribution in [2.45, 2.75) is 45.3 Å². The van der Waals surface area contributed by atoms with Crippen LogP contribution in [0.3, 0.4) is 0 Å². The van der Waals surface area contributed by atoms with Crippen molar-refractivity contribution >= 4 is 9.84 Å². The first kappa shape index (κ1) is 13.0. The Balaban J connectivity index is 2.21. The Morgan fingerprint density at radius 3 is 2.47 bits per heavy atom. The lowest BCUT2D eigenvalue weighted by Crippen LogP contribution is -2.32. The molecule has 1 aliphatic heterocycles. The number of rotatable bonds is 4. The molecule has 0 aromatic rings. The van der Waals surface area contributed by atoms with Gasteiger partial charge >= 0.3 is 0 Å². The van der Waals surface area contributed by atoms with E-state index in [2.05, 4.69) is 26.1 Å².